The lowest BCUT2D eigenvalue weighted by molar-refractivity contribution is 0.271. The Bertz CT molecular complexity index is 469. The average Bonchev–Trinajstić information content (AvgIpc) is 2.59. The van der Waals surface area contributed by atoms with Crippen LogP contribution < -0.4 is 5.73 Å². The lowest BCUT2D eigenvalue weighted by atomic mass is 10.4. The van der Waals surface area contributed by atoms with E-state index in [-0.39, 0.29) is 23.9 Å². The minimum absolute atomic E-state index is 0.00468. The number of hydrogen-bond acceptors (Lipinski definition) is 5. The van der Waals surface area contributed by atoms with Crippen LogP contribution in [0.5, 0.6) is 0 Å². The number of rotatable bonds is 6. The number of hydrogen-bond donors (Lipinski definition) is 2. The molecule has 0 saturated carbocycles. The molecule has 1 rings (SSSR count). The van der Waals surface area contributed by atoms with Gasteiger partial charge in [0, 0.05) is 32.9 Å². The maximum absolute atomic E-state index is 12.2. The molecule has 0 unspecified atom stereocenters. The fraction of sp³-hybridized carbons (Fsp3) is 0.667. The summed E-state index contributed by atoms with van der Waals surface area (Å²) in [6.45, 7) is 2.29. The molecule has 98 valence electrons. The van der Waals surface area contributed by atoms with Crippen molar-refractivity contribution in [1.29, 1.82) is 0 Å². The first kappa shape index (κ1) is 13.9. The molecule has 0 aliphatic carbocycles. The number of aliphatic hydroxyl groups is 1. The molecule has 8 heteroatoms. The molecule has 1 aromatic heterocycles. The Kier molecular flexibility index (Phi) is 4.49. The van der Waals surface area contributed by atoms with Crippen LogP contribution in [0.3, 0.4) is 0 Å². The summed E-state index contributed by atoms with van der Waals surface area (Å²) >= 11 is 0. The zero-order valence-electron chi connectivity index (χ0n) is 10.00. The van der Waals surface area contributed by atoms with Gasteiger partial charge in [0.2, 0.25) is 10.0 Å². The van der Waals surface area contributed by atoms with E-state index in [9.17, 15) is 8.42 Å². The highest BCUT2D eigenvalue weighted by Crippen LogP contribution is 2.20. The monoisotopic (exact) mass is 262 g/mol. The fourth-order valence-corrected chi connectivity index (χ4v) is 3.10. The zero-order valence-corrected chi connectivity index (χ0v) is 10.8. The molecular formula is C9H18N4O3S. The van der Waals surface area contributed by atoms with Crippen molar-refractivity contribution in [1.82, 2.24) is 14.1 Å². The van der Waals surface area contributed by atoms with Crippen LogP contribution >= 0.6 is 0 Å². The third-order valence-electron chi connectivity index (χ3n) is 2.36. The van der Waals surface area contributed by atoms with Gasteiger partial charge >= 0.3 is 0 Å². The number of aliphatic hydroxyl groups excluding tert-OH is 1. The summed E-state index contributed by atoms with van der Waals surface area (Å²) in [7, 11) is -2.01. The maximum Gasteiger partial charge on any atom is 0.248 e. The molecule has 0 spiro atoms. The Balaban J connectivity index is 3.04. The van der Waals surface area contributed by atoms with Crippen molar-refractivity contribution in [2.24, 2.45) is 7.05 Å². The summed E-state index contributed by atoms with van der Waals surface area (Å²) in [6, 6.07) is 0. The minimum Gasteiger partial charge on any atom is -0.396 e. The Morgan fingerprint density at radius 1 is 1.59 bits per heavy atom. The van der Waals surface area contributed by atoms with Crippen molar-refractivity contribution in [3.8, 4) is 0 Å². The van der Waals surface area contributed by atoms with Crippen molar-refractivity contribution in [2.45, 2.75) is 18.2 Å². The second kappa shape index (κ2) is 5.48. The predicted octanol–water partition coefficient (Wildman–Crippen LogP) is -0.605. The first-order valence-corrected chi connectivity index (χ1v) is 6.77. The van der Waals surface area contributed by atoms with Crippen molar-refractivity contribution < 1.29 is 13.5 Å². The van der Waals surface area contributed by atoms with Gasteiger partial charge in [-0.2, -0.15) is 9.40 Å². The Labute approximate surface area is 101 Å². The molecule has 0 aromatic carbocycles. The fourth-order valence-electron chi connectivity index (χ4n) is 1.52. The molecule has 0 fully saturated rings. The topological polar surface area (TPSA) is 101 Å². The summed E-state index contributed by atoms with van der Waals surface area (Å²) in [5, 5.41) is 12.6. The van der Waals surface area contributed by atoms with Crippen LogP contribution in [0.2, 0.25) is 0 Å². The molecule has 0 amide bonds. The number of sulfonamides is 1. The SMILES string of the molecule is CCN(CCCO)S(=O)(=O)c1cn(C)nc1N. The van der Waals surface area contributed by atoms with Crippen LogP contribution in [0, 0.1) is 0 Å². The smallest absolute Gasteiger partial charge is 0.248 e. The molecule has 7 nitrogen and oxygen atoms in total. The molecule has 1 aromatic rings. The third-order valence-corrected chi connectivity index (χ3v) is 4.35. The number of anilines is 1. The van der Waals surface area contributed by atoms with Gasteiger partial charge in [0.1, 0.15) is 4.90 Å². The molecule has 0 atom stereocenters. The Morgan fingerprint density at radius 2 is 2.24 bits per heavy atom. The van der Waals surface area contributed by atoms with Crippen molar-refractivity contribution >= 4 is 15.8 Å². The van der Waals surface area contributed by atoms with Gasteiger partial charge in [-0.1, -0.05) is 6.92 Å². The zero-order chi connectivity index (χ0) is 13.1. The van der Waals surface area contributed by atoms with Crippen LogP contribution in [0.4, 0.5) is 5.82 Å². The standard InChI is InChI=1S/C9H18N4O3S/c1-3-13(5-4-6-14)17(15,16)8-7-12(2)11-9(8)10/h7,14H,3-6H2,1-2H3,(H2,10,11). The molecule has 0 radical (unpaired) electrons. The van der Waals surface area contributed by atoms with Gasteiger partial charge in [-0.15, -0.1) is 0 Å². The van der Waals surface area contributed by atoms with E-state index in [1.807, 2.05) is 0 Å². The Hall–Kier alpha value is -1.12. The number of nitrogens with two attached hydrogens (primary N) is 1. The highest BCUT2D eigenvalue weighted by atomic mass is 32.2. The number of nitrogen functional groups attached to an aromatic ring is 1. The quantitative estimate of drug-likeness (QED) is 0.712. The Morgan fingerprint density at radius 3 is 2.65 bits per heavy atom. The molecule has 1 heterocycles. The summed E-state index contributed by atoms with van der Waals surface area (Å²) in [5.41, 5.74) is 5.56. The second-order valence-corrected chi connectivity index (χ2v) is 5.53. The van der Waals surface area contributed by atoms with E-state index in [2.05, 4.69) is 5.10 Å². The van der Waals surface area contributed by atoms with Crippen LogP contribution in [0.1, 0.15) is 13.3 Å². The molecular weight excluding hydrogens is 244 g/mol. The van der Waals surface area contributed by atoms with Gasteiger partial charge in [0.15, 0.2) is 5.82 Å². The molecule has 0 bridgehead atoms. The van der Waals surface area contributed by atoms with Crippen LogP contribution in [0.25, 0.3) is 0 Å². The lowest BCUT2D eigenvalue weighted by Gasteiger charge is -2.19. The van der Waals surface area contributed by atoms with Crippen LogP contribution in [-0.4, -0.2) is 47.3 Å². The number of aryl methyl sites for hydroxylation is 1. The predicted molar refractivity (Wildman–Crippen MR) is 63.8 cm³/mol. The molecule has 3 N–H and O–H groups in total. The van der Waals surface area contributed by atoms with E-state index in [0.717, 1.165) is 0 Å². The van der Waals surface area contributed by atoms with Crippen molar-refractivity contribution in [3.63, 3.8) is 0 Å². The first-order chi connectivity index (χ1) is 7.93. The van der Waals surface area contributed by atoms with Gasteiger partial charge in [0.05, 0.1) is 0 Å². The summed E-state index contributed by atoms with van der Waals surface area (Å²) in [4.78, 5) is 0.0137. The van der Waals surface area contributed by atoms with Gasteiger partial charge in [-0.25, -0.2) is 8.42 Å². The minimum atomic E-state index is -3.62. The van der Waals surface area contributed by atoms with Gasteiger partial charge in [0.25, 0.3) is 0 Å². The van der Waals surface area contributed by atoms with E-state index < -0.39 is 10.0 Å². The third kappa shape index (κ3) is 2.96. The largest absolute Gasteiger partial charge is 0.396 e. The number of nitrogens with zero attached hydrogens (tertiary/aromatic N) is 3. The maximum atomic E-state index is 12.2. The van der Waals surface area contributed by atoms with Gasteiger partial charge in [-0.05, 0) is 6.42 Å². The van der Waals surface area contributed by atoms with Crippen molar-refractivity contribution in [3.05, 3.63) is 6.20 Å². The summed E-state index contributed by atoms with van der Waals surface area (Å²) in [6.07, 6.45) is 1.78. The normalized spacial score (nSPS) is 12.2. The molecule has 17 heavy (non-hydrogen) atoms. The highest BCUT2D eigenvalue weighted by molar-refractivity contribution is 7.89. The van der Waals surface area contributed by atoms with E-state index in [1.54, 1.807) is 14.0 Å². The molecule has 0 saturated heterocycles. The molecule has 0 aliphatic rings. The van der Waals surface area contributed by atoms with Gasteiger partial charge < -0.3 is 10.8 Å². The number of aromatic nitrogens is 2. The second-order valence-electron chi connectivity index (χ2n) is 3.63. The van der Waals surface area contributed by atoms with Crippen LogP contribution in [0.15, 0.2) is 11.1 Å². The van der Waals surface area contributed by atoms with E-state index in [1.165, 1.54) is 15.2 Å². The van der Waals surface area contributed by atoms with E-state index in [4.69, 9.17) is 10.8 Å². The average molecular weight is 262 g/mol. The van der Waals surface area contributed by atoms with E-state index >= 15 is 0 Å². The van der Waals surface area contributed by atoms with E-state index in [0.29, 0.717) is 13.0 Å². The van der Waals surface area contributed by atoms with Crippen molar-refractivity contribution in [2.75, 3.05) is 25.4 Å². The summed E-state index contributed by atoms with van der Waals surface area (Å²) in [5.74, 6) is -0.00468. The van der Waals surface area contributed by atoms with Crippen LogP contribution in [-0.2, 0) is 17.1 Å². The van der Waals surface area contributed by atoms with Gasteiger partial charge in [-0.3, -0.25) is 4.68 Å². The summed E-state index contributed by atoms with van der Waals surface area (Å²) < 4.78 is 27.1. The first-order valence-electron chi connectivity index (χ1n) is 5.33. The molecule has 0 aliphatic heterocycles. The lowest BCUT2D eigenvalue weighted by Crippen LogP contribution is -2.32. The highest BCUT2D eigenvalue weighted by Gasteiger charge is 2.26.